The van der Waals surface area contributed by atoms with Gasteiger partial charge in [-0.2, -0.15) is 0 Å². The minimum Gasteiger partial charge on any atom is -0.462 e. The van der Waals surface area contributed by atoms with Gasteiger partial charge in [-0.3, -0.25) is 14.5 Å². The molecule has 4 heterocycles. The molecular formula is C54H102N6O11. The van der Waals surface area contributed by atoms with Crippen molar-refractivity contribution in [1.82, 2.24) is 14.8 Å². The van der Waals surface area contributed by atoms with E-state index in [1.807, 2.05) is 114 Å². The van der Waals surface area contributed by atoms with Crippen LogP contribution in [0.5, 0.6) is 0 Å². The molecule has 414 valence electrons. The fraction of sp³-hybridized carbons (Fsp3) is 0.815. The summed E-state index contributed by atoms with van der Waals surface area (Å²) in [5, 5.41) is 44.1. The predicted octanol–water partition coefficient (Wildman–Crippen LogP) is 6.50. The van der Waals surface area contributed by atoms with E-state index >= 15 is 0 Å². The number of cyclic esters (lactones) is 1. The van der Waals surface area contributed by atoms with Crippen LogP contribution >= 0.6 is 0 Å². The number of benzene rings is 1. The molecule has 5 rings (SSSR count). The second-order valence-corrected chi connectivity index (χ2v) is 20.0. The number of aliphatic hydroxyl groups excluding tert-OH is 2. The molecule has 0 bridgehead atoms. The van der Waals surface area contributed by atoms with Gasteiger partial charge in [0.25, 0.3) is 0 Å². The first kappa shape index (κ1) is 66.1. The highest BCUT2D eigenvalue weighted by molar-refractivity contribution is 5.97. The molecule has 4 aliphatic rings. The lowest BCUT2D eigenvalue weighted by molar-refractivity contribution is -0.238. The van der Waals surface area contributed by atoms with Gasteiger partial charge in [0.2, 0.25) is 0 Å². The van der Waals surface area contributed by atoms with Crippen LogP contribution in [0.2, 0.25) is 0 Å². The molecule has 4 fully saturated rings. The topological polar surface area (TPSA) is 226 Å². The minimum atomic E-state index is -1.65. The Morgan fingerprint density at radius 2 is 1.51 bits per heavy atom. The zero-order valence-electron chi connectivity index (χ0n) is 46.9. The molecule has 1 aromatic rings. The van der Waals surface area contributed by atoms with Crippen molar-refractivity contribution in [2.24, 2.45) is 35.2 Å². The van der Waals surface area contributed by atoms with Crippen LogP contribution in [0.25, 0.3) is 0 Å². The molecule has 0 radical (unpaired) electrons. The van der Waals surface area contributed by atoms with Crippen LogP contribution in [-0.2, 0) is 28.5 Å². The number of likely N-dealkylation sites (N-methyl/N-ethyl adjacent to an activating group) is 1. The van der Waals surface area contributed by atoms with Crippen molar-refractivity contribution in [2.45, 2.75) is 196 Å². The maximum Gasteiger partial charge on any atom is 0.311 e. The number of Topliss-reactive ketones (excluding diaryl/α,β-unsaturated/α-hetero) is 1. The monoisotopic (exact) mass is 1010 g/mol. The molecule has 8 N–H and O–H groups in total. The van der Waals surface area contributed by atoms with E-state index in [1.54, 1.807) is 25.1 Å². The van der Waals surface area contributed by atoms with E-state index in [9.17, 15) is 30.0 Å². The minimum absolute atomic E-state index is 0.0348. The Hall–Kier alpha value is -2.94. The number of ketones is 1. The number of rotatable bonds is 11. The third-order valence-electron chi connectivity index (χ3n) is 13.8. The zero-order valence-corrected chi connectivity index (χ0v) is 46.9. The number of hydrazine groups is 1. The SMILES string of the molecule is CC.CC.CC.CC1[C@@H](C)[C@H](O[C@H]2CCC[C@H](C)O2)[C@@H](C)C(=O)OC[C@@](C)(O)[C@H](O)N(C)C[C@H](C)C[C@@]1(C)O.C[C@@H]1CC(N(C)CC/C(N)=C/N(N)CC(=O)c2ccc(N3CCOCC3)cc2)C[C@H](O)O1. The molecule has 1 aromatic carbocycles. The maximum absolute atomic E-state index is 13.0. The first-order valence-electron chi connectivity index (χ1n) is 26.7. The van der Waals surface area contributed by atoms with Gasteiger partial charge < -0.3 is 64.7 Å². The summed E-state index contributed by atoms with van der Waals surface area (Å²) >= 11 is 0. The van der Waals surface area contributed by atoms with Gasteiger partial charge >= 0.3 is 5.97 Å². The van der Waals surface area contributed by atoms with Crippen LogP contribution < -0.4 is 16.5 Å². The van der Waals surface area contributed by atoms with Crippen molar-refractivity contribution in [3.8, 4) is 0 Å². The normalized spacial score (nSPS) is 33.4. The largest absolute Gasteiger partial charge is 0.462 e. The summed E-state index contributed by atoms with van der Waals surface area (Å²) in [5.74, 6) is 4.50. The number of aliphatic hydroxyl groups is 4. The van der Waals surface area contributed by atoms with Crippen molar-refractivity contribution < 1.29 is 53.7 Å². The quantitative estimate of drug-likeness (QED) is 0.0602. The van der Waals surface area contributed by atoms with Crippen LogP contribution in [0.15, 0.2) is 36.2 Å². The van der Waals surface area contributed by atoms with Crippen molar-refractivity contribution in [3.05, 3.63) is 41.7 Å². The van der Waals surface area contributed by atoms with Gasteiger partial charge in [-0.25, -0.2) is 5.84 Å². The van der Waals surface area contributed by atoms with Crippen LogP contribution in [0.4, 0.5) is 5.69 Å². The van der Waals surface area contributed by atoms with Gasteiger partial charge in [0.1, 0.15) is 18.4 Å². The lowest BCUT2D eigenvalue weighted by Gasteiger charge is -2.43. The van der Waals surface area contributed by atoms with Crippen LogP contribution in [-0.4, -0.2) is 168 Å². The van der Waals surface area contributed by atoms with Gasteiger partial charge in [-0.15, -0.1) is 0 Å². The first-order valence-corrected chi connectivity index (χ1v) is 26.7. The molecule has 4 aliphatic heterocycles. The molecule has 17 heteroatoms. The molecular weight excluding hydrogens is 909 g/mol. The van der Waals surface area contributed by atoms with Crippen LogP contribution in [0.3, 0.4) is 0 Å². The molecule has 13 atom stereocenters. The lowest BCUT2D eigenvalue weighted by Crippen LogP contribution is -2.55. The summed E-state index contributed by atoms with van der Waals surface area (Å²) in [6.07, 6.45) is 4.17. The molecule has 0 aliphatic carbocycles. The number of hydrogen-bond donors (Lipinski definition) is 6. The number of hydrogen-bond acceptors (Lipinski definition) is 17. The van der Waals surface area contributed by atoms with Crippen molar-refractivity contribution in [2.75, 3.05) is 71.5 Å². The molecule has 71 heavy (non-hydrogen) atoms. The Labute approximate surface area is 429 Å². The number of esters is 1. The smallest absolute Gasteiger partial charge is 0.311 e. The van der Waals surface area contributed by atoms with E-state index in [2.05, 4.69) is 9.80 Å². The Balaban J connectivity index is 0.000000643. The second-order valence-electron chi connectivity index (χ2n) is 20.0. The van der Waals surface area contributed by atoms with E-state index in [-0.39, 0.29) is 54.9 Å². The Kier molecular flexibility index (Phi) is 30.8. The summed E-state index contributed by atoms with van der Waals surface area (Å²) in [5.41, 5.74) is 5.79. The lowest BCUT2D eigenvalue weighted by atomic mass is 9.72. The van der Waals surface area contributed by atoms with E-state index in [4.69, 9.17) is 35.3 Å². The molecule has 17 nitrogen and oxygen atoms in total. The molecule has 0 aromatic heterocycles. The standard InChI is InChI=1S/C25H47NO7.C23H37N5O4.3C2H6/c1-15-12-24(6,29)19(5)17(3)21(33-20-11-9-10-16(2)32-20)18(4)22(27)31-14-25(7,30)23(28)26(8)13-15;1-17-13-21(14-23(30)32-17)26(2)8-7-19(24)15-28(25)16-22(29)18-3-5-20(6-4-18)27-9-11-31-12-10-27;3*1-2/h15-21,23,28-30H,9-14H2,1-8H3;3-6,15,17,21,23,30H,7-14,16,24-25H2,1-2H3;3*1-2H3/b;19-15-;;;/t15-,16+,17-,18-,19?,20+,21+,23+,24-,25-;17-,21?,23-;;;/m11.../s1. The average Bonchev–Trinajstić information content (AvgIpc) is 3.34. The third kappa shape index (κ3) is 22.2. The van der Waals surface area contributed by atoms with Crippen LogP contribution in [0.1, 0.15) is 152 Å². The third-order valence-corrected chi connectivity index (χ3v) is 13.8. The number of nitrogens with two attached hydrogens (primary N) is 2. The summed E-state index contributed by atoms with van der Waals surface area (Å²) in [4.78, 5) is 31.7. The van der Waals surface area contributed by atoms with E-state index < -0.39 is 48.0 Å². The van der Waals surface area contributed by atoms with Gasteiger partial charge in [0.15, 0.2) is 18.4 Å². The molecule has 2 unspecified atom stereocenters. The average molecular weight is 1010 g/mol. The summed E-state index contributed by atoms with van der Waals surface area (Å²) in [7, 11) is 3.73. The van der Waals surface area contributed by atoms with Gasteiger partial charge in [-0.1, -0.05) is 62.3 Å². The van der Waals surface area contributed by atoms with E-state index in [1.165, 1.54) is 11.9 Å². The van der Waals surface area contributed by atoms with Crippen molar-refractivity contribution >= 4 is 17.4 Å². The number of carbonyl (C=O) groups is 2. The second kappa shape index (κ2) is 33.1. The van der Waals surface area contributed by atoms with Crippen molar-refractivity contribution in [3.63, 3.8) is 0 Å². The van der Waals surface area contributed by atoms with Gasteiger partial charge in [0, 0.05) is 68.2 Å². The van der Waals surface area contributed by atoms with E-state index in [0.717, 1.165) is 64.2 Å². The fourth-order valence-corrected chi connectivity index (χ4v) is 9.57. The highest BCUT2D eigenvalue weighted by atomic mass is 16.7. The highest BCUT2D eigenvalue weighted by Crippen LogP contribution is 2.37. The van der Waals surface area contributed by atoms with E-state index in [0.29, 0.717) is 37.1 Å². The maximum atomic E-state index is 13.0. The fourth-order valence-electron chi connectivity index (χ4n) is 9.57. The van der Waals surface area contributed by atoms with Gasteiger partial charge in [-0.05, 0) is 123 Å². The van der Waals surface area contributed by atoms with Crippen molar-refractivity contribution in [1.29, 1.82) is 0 Å². The number of morpholine rings is 1. The van der Waals surface area contributed by atoms with Gasteiger partial charge in [0.05, 0.1) is 49.6 Å². The Bertz CT molecular complexity index is 1640. The molecule has 0 amide bonds. The number of nitrogens with zero attached hydrogens (tertiary/aromatic N) is 4. The molecule has 0 spiro atoms. The number of ether oxygens (including phenoxy) is 5. The summed E-state index contributed by atoms with van der Waals surface area (Å²) < 4.78 is 28.6. The summed E-state index contributed by atoms with van der Waals surface area (Å²) in [6, 6.07) is 7.86. The number of anilines is 1. The summed E-state index contributed by atoms with van der Waals surface area (Å²) in [6.45, 7) is 31.1. The molecule has 4 saturated heterocycles. The Morgan fingerprint density at radius 3 is 2.08 bits per heavy atom. The van der Waals surface area contributed by atoms with Crippen LogP contribution in [0, 0.1) is 23.7 Å². The zero-order chi connectivity index (χ0) is 54.2. The highest BCUT2D eigenvalue weighted by Gasteiger charge is 2.44. The first-order chi connectivity index (χ1) is 33.5. The Morgan fingerprint density at radius 1 is 0.901 bits per heavy atom. The predicted molar refractivity (Wildman–Crippen MR) is 283 cm³/mol. The molecule has 0 saturated carbocycles. The number of carbonyl (C=O) groups excluding carboxylic acids is 2.